The van der Waals surface area contributed by atoms with Gasteiger partial charge in [0.05, 0.1) is 11.5 Å². The molecule has 0 aliphatic rings. The van der Waals surface area contributed by atoms with Crippen LogP contribution >= 0.6 is 0 Å². The zero-order valence-electron chi connectivity index (χ0n) is 6.56. The molecule has 0 saturated carbocycles. The van der Waals surface area contributed by atoms with Crippen molar-refractivity contribution in [2.75, 3.05) is 13.2 Å². The summed E-state index contributed by atoms with van der Waals surface area (Å²) < 4.78 is 14.0. The van der Waals surface area contributed by atoms with E-state index in [1.54, 1.807) is 12.1 Å². The second-order valence-electron chi connectivity index (χ2n) is 2.20. The fourth-order valence-electron chi connectivity index (χ4n) is 0.766. The van der Waals surface area contributed by atoms with Crippen LogP contribution in [0.2, 0.25) is 0 Å². The van der Waals surface area contributed by atoms with E-state index >= 15 is 0 Å². The molecule has 1 rings (SSSR count). The molecule has 0 saturated heterocycles. The Morgan fingerprint density at radius 3 is 2.58 bits per heavy atom. The SMILES string of the molecule is O=S(NCCO)c1ccccc1. The minimum Gasteiger partial charge on any atom is -0.395 e. The van der Waals surface area contributed by atoms with Gasteiger partial charge in [-0.1, -0.05) is 18.2 Å². The van der Waals surface area contributed by atoms with Crippen LogP contribution in [-0.4, -0.2) is 22.5 Å². The second kappa shape index (κ2) is 5.03. The fourth-order valence-corrected chi connectivity index (χ4v) is 1.61. The van der Waals surface area contributed by atoms with Crippen LogP contribution in [0.3, 0.4) is 0 Å². The minimum absolute atomic E-state index is 0.00142. The molecule has 0 spiro atoms. The molecule has 1 aromatic carbocycles. The van der Waals surface area contributed by atoms with Crippen molar-refractivity contribution < 1.29 is 9.32 Å². The Labute approximate surface area is 74.0 Å². The number of nitrogens with one attached hydrogen (secondary N) is 1. The van der Waals surface area contributed by atoms with Crippen molar-refractivity contribution in [2.45, 2.75) is 4.90 Å². The third kappa shape index (κ3) is 2.73. The van der Waals surface area contributed by atoms with Gasteiger partial charge in [-0.25, -0.2) is 8.93 Å². The highest BCUT2D eigenvalue weighted by molar-refractivity contribution is 7.83. The minimum atomic E-state index is -1.19. The average molecular weight is 185 g/mol. The lowest BCUT2D eigenvalue weighted by Gasteiger charge is -2.01. The van der Waals surface area contributed by atoms with E-state index in [1.807, 2.05) is 18.2 Å². The second-order valence-corrected chi connectivity index (χ2v) is 3.50. The van der Waals surface area contributed by atoms with E-state index in [1.165, 1.54) is 0 Å². The van der Waals surface area contributed by atoms with E-state index in [4.69, 9.17) is 5.11 Å². The number of hydrogen-bond acceptors (Lipinski definition) is 2. The van der Waals surface area contributed by atoms with E-state index in [0.717, 1.165) is 4.90 Å². The Morgan fingerprint density at radius 2 is 2.00 bits per heavy atom. The topological polar surface area (TPSA) is 49.3 Å². The molecular weight excluding hydrogens is 174 g/mol. The van der Waals surface area contributed by atoms with Gasteiger partial charge in [-0.15, -0.1) is 0 Å². The van der Waals surface area contributed by atoms with Crippen LogP contribution in [0.5, 0.6) is 0 Å². The third-order valence-electron chi connectivity index (χ3n) is 1.30. The van der Waals surface area contributed by atoms with Crippen molar-refractivity contribution in [3.05, 3.63) is 30.3 Å². The summed E-state index contributed by atoms with van der Waals surface area (Å²) in [6.07, 6.45) is 0. The first-order valence-electron chi connectivity index (χ1n) is 3.66. The van der Waals surface area contributed by atoms with E-state index < -0.39 is 11.0 Å². The smallest absolute Gasteiger partial charge is 0.124 e. The molecule has 1 unspecified atom stereocenters. The first-order chi connectivity index (χ1) is 5.84. The summed E-state index contributed by atoms with van der Waals surface area (Å²) in [6, 6.07) is 9.08. The largest absolute Gasteiger partial charge is 0.395 e. The summed E-state index contributed by atoms with van der Waals surface area (Å²) in [5, 5.41) is 8.47. The lowest BCUT2D eigenvalue weighted by Crippen LogP contribution is -2.20. The van der Waals surface area contributed by atoms with E-state index in [-0.39, 0.29) is 6.61 Å². The number of aliphatic hydroxyl groups excluding tert-OH is 1. The summed E-state index contributed by atoms with van der Waals surface area (Å²) in [5.41, 5.74) is 0. The van der Waals surface area contributed by atoms with Gasteiger partial charge in [0.2, 0.25) is 0 Å². The molecule has 0 fully saturated rings. The third-order valence-corrected chi connectivity index (χ3v) is 2.47. The van der Waals surface area contributed by atoms with Crippen LogP contribution in [-0.2, 0) is 11.0 Å². The predicted octanol–water partition coefficient (Wildman–Crippen LogP) is 0.291. The van der Waals surface area contributed by atoms with Gasteiger partial charge in [-0.2, -0.15) is 0 Å². The van der Waals surface area contributed by atoms with Gasteiger partial charge in [0.1, 0.15) is 11.0 Å². The zero-order chi connectivity index (χ0) is 8.81. The standard InChI is InChI=1S/C8H11NO2S/c10-7-6-9-12(11)8-4-2-1-3-5-8/h1-5,9-10H,6-7H2. The van der Waals surface area contributed by atoms with Gasteiger partial charge in [0.15, 0.2) is 0 Å². The Hall–Kier alpha value is -0.710. The van der Waals surface area contributed by atoms with Crippen LogP contribution in [0, 0.1) is 0 Å². The van der Waals surface area contributed by atoms with Crippen LogP contribution in [0.4, 0.5) is 0 Å². The number of benzene rings is 1. The molecule has 0 amide bonds. The van der Waals surface area contributed by atoms with Gasteiger partial charge >= 0.3 is 0 Å². The number of aliphatic hydroxyl groups is 1. The van der Waals surface area contributed by atoms with E-state index in [9.17, 15) is 4.21 Å². The lowest BCUT2D eigenvalue weighted by atomic mass is 10.4. The molecule has 0 bridgehead atoms. The summed E-state index contributed by atoms with van der Waals surface area (Å²) in [5.74, 6) is 0. The van der Waals surface area contributed by atoms with Gasteiger partial charge in [-0.05, 0) is 12.1 Å². The Bertz CT molecular complexity index is 250. The molecule has 0 aliphatic carbocycles. The maximum Gasteiger partial charge on any atom is 0.124 e. The molecule has 2 N–H and O–H groups in total. The highest BCUT2D eigenvalue weighted by Gasteiger charge is 1.99. The number of rotatable bonds is 4. The van der Waals surface area contributed by atoms with Crippen LogP contribution in [0.15, 0.2) is 35.2 Å². The molecule has 0 aliphatic heterocycles. The van der Waals surface area contributed by atoms with E-state index in [0.29, 0.717) is 6.54 Å². The fraction of sp³-hybridized carbons (Fsp3) is 0.250. The highest BCUT2D eigenvalue weighted by Crippen LogP contribution is 2.01. The zero-order valence-corrected chi connectivity index (χ0v) is 7.38. The molecule has 0 heterocycles. The normalized spacial score (nSPS) is 12.8. The summed E-state index contributed by atoms with van der Waals surface area (Å²) >= 11 is 0. The van der Waals surface area contributed by atoms with E-state index in [2.05, 4.69) is 4.72 Å². The highest BCUT2D eigenvalue weighted by atomic mass is 32.2. The van der Waals surface area contributed by atoms with Crippen LogP contribution in [0.25, 0.3) is 0 Å². The summed E-state index contributed by atoms with van der Waals surface area (Å²) in [6.45, 7) is 0.347. The molecule has 3 nitrogen and oxygen atoms in total. The molecule has 66 valence electrons. The van der Waals surface area contributed by atoms with Crippen molar-refractivity contribution in [3.8, 4) is 0 Å². The molecule has 1 atom stereocenters. The van der Waals surface area contributed by atoms with Crippen molar-refractivity contribution in [2.24, 2.45) is 0 Å². The Kier molecular flexibility index (Phi) is 3.93. The average Bonchev–Trinajstić information content (AvgIpc) is 2.15. The lowest BCUT2D eigenvalue weighted by molar-refractivity contribution is 0.302. The Morgan fingerprint density at radius 1 is 1.33 bits per heavy atom. The summed E-state index contributed by atoms with van der Waals surface area (Å²) in [7, 11) is -1.19. The van der Waals surface area contributed by atoms with Crippen molar-refractivity contribution in [3.63, 3.8) is 0 Å². The summed E-state index contributed by atoms with van der Waals surface area (Å²) in [4.78, 5) is 0.728. The van der Waals surface area contributed by atoms with Gasteiger partial charge in [0.25, 0.3) is 0 Å². The molecule has 0 aromatic heterocycles. The van der Waals surface area contributed by atoms with Crippen molar-refractivity contribution >= 4 is 11.0 Å². The molecule has 1 aromatic rings. The first kappa shape index (κ1) is 9.38. The molecule has 12 heavy (non-hydrogen) atoms. The first-order valence-corrected chi connectivity index (χ1v) is 4.81. The van der Waals surface area contributed by atoms with Crippen LogP contribution < -0.4 is 4.72 Å². The molecule has 4 heteroatoms. The van der Waals surface area contributed by atoms with Crippen molar-refractivity contribution in [1.29, 1.82) is 0 Å². The molecule has 0 radical (unpaired) electrons. The van der Waals surface area contributed by atoms with Gasteiger partial charge < -0.3 is 5.11 Å². The monoisotopic (exact) mass is 185 g/mol. The maximum absolute atomic E-state index is 11.3. The maximum atomic E-state index is 11.3. The van der Waals surface area contributed by atoms with Crippen molar-refractivity contribution in [1.82, 2.24) is 4.72 Å². The quantitative estimate of drug-likeness (QED) is 0.708. The van der Waals surface area contributed by atoms with Gasteiger partial charge in [0, 0.05) is 6.54 Å². The Balaban J connectivity index is 2.54. The molecular formula is C8H11NO2S. The number of hydrogen-bond donors (Lipinski definition) is 2. The van der Waals surface area contributed by atoms with Crippen LogP contribution in [0.1, 0.15) is 0 Å². The predicted molar refractivity (Wildman–Crippen MR) is 47.9 cm³/mol. The van der Waals surface area contributed by atoms with Gasteiger partial charge in [-0.3, -0.25) is 0 Å².